The Balaban J connectivity index is 1.55. The molecule has 1 atom stereocenters. The van der Waals surface area contributed by atoms with Gasteiger partial charge < -0.3 is 19.3 Å². The first kappa shape index (κ1) is 18.0. The lowest BCUT2D eigenvalue weighted by atomic mass is 9.97. The summed E-state index contributed by atoms with van der Waals surface area (Å²) in [5.74, 6) is 2.33. The van der Waals surface area contributed by atoms with Gasteiger partial charge in [-0.15, -0.1) is 0 Å². The van der Waals surface area contributed by atoms with E-state index in [-0.39, 0.29) is 5.54 Å². The third kappa shape index (κ3) is 3.58. The van der Waals surface area contributed by atoms with Gasteiger partial charge in [-0.3, -0.25) is 0 Å². The smallest absolute Gasteiger partial charge is 0.142 e. The fourth-order valence-corrected chi connectivity index (χ4v) is 4.18. The minimum Gasteiger partial charge on any atom is -0.495 e. The molecule has 4 rings (SSSR count). The highest BCUT2D eigenvalue weighted by molar-refractivity contribution is 5.61. The maximum atomic E-state index is 5.59. The van der Waals surface area contributed by atoms with Gasteiger partial charge >= 0.3 is 0 Å². The van der Waals surface area contributed by atoms with Crippen LogP contribution in [0.1, 0.15) is 31.9 Å². The Hall–Kier alpha value is -2.34. The topological polar surface area (TPSA) is 50.7 Å². The highest BCUT2D eigenvalue weighted by Gasteiger charge is 2.35. The van der Waals surface area contributed by atoms with Gasteiger partial charge in [0.1, 0.15) is 17.9 Å². The van der Waals surface area contributed by atoms with Crippen LogP contribution in [-0.2, 0) is 4.74 Å². The summed E-state index contributed by atoms with van der Waals surface area (Å²) in [5.41, 5.74) is 2.20. The van der Waals surface area contributed by atoms with Crippen LogP contribution in [0.2, 0.25) is 0 Å². The standard InChI is InChI=1S/C21H28N4O2/c1-21(2)14-24(9-10-25(21)18-6-4-5-7-19(18)26-3)20-12-17(22-15-23-20)16-8-11-27-13-16/h4-7,12,15-16H,8-11,13-14H2,1-3H3/t16-/m0/s1. The molecule has 144 valence electrons. The summed E-state index contributed by atoms with van der Waals surface area (Å²) in [6.07, 6.45) is 2.74. The van der Waals surface area contributed by atoms with E-state index in [0.717, 1.165) is 62.2 Å². The zero-order chi connectivity index (χ0) is 18.9. The Morgan fingerprint density at radius 3 is 2.78 bits per heavy atom. The number of ether oxygens (including phenoxy) is 2. The summed E-state index contributed by atoms with van der Waals surface area (Å²) in [6, 6.07) is 10.4. The molecule has 6 heteroatoms. The zero-order valence-corrected chi connectivity index (χ0v) is 16.4. The molecule has 0 saturated carbocycles. The van der Waals surface area contributed by atoms with Crippen LogP contribution in [0.25, 0.3) is 0 Å². The van der Waals surface area contributed by atoms with Gasteiger partial charge in [0.2, 0.25) is 0 Å². The van der Waals surface area contributed by atoms with E-state index in [9.17, 15) is 0 Å². The van der Waals surface area contributed by atoms with E-state index < -0.39 is 0 Å². The molecule has 0 spiro atoms. The highest BCUT2D eigenvalue weighted by Crippen LogP contribution is 2.36. The number of nitrogens with zero attached hydrogens (tertiary/aromatic N) is 4. The molecule has 1 aromatic heterocycles. The number of benzene rings is 1. The number of rotatable bonds is 4. The molecule has 3 heterocycles. The lowest BCUT2D eigenvalue weighted by Crippen LogP contribution is -2.60. The maximum absolute atomic E-state index is 5.59. The predicted molar refractivity (Wildman–Crippen MR) is 107 cm³/mol. The van der Waals surface area contributed by atoms with E-state index in [1.807, 2.05) is 12.1 Å². The van der Waals surface area contributed by atoms with Crippen LogP contribution >= 0.6 is 0 Å². The lowest BCUT2D eigenvalue weighted by Gasteiger charge is -2.49. The van der Waals surface area contributed by atoms with Crippen molar-refractivity contribution in [1.29, 1.82) is 0 Å². The average molecular weight is 368 g/mol. The molecule has 0 aliphatic carbocycles. The van der Waals surface area contributed by atoms with Crippen molar-refractivity contribution in [3.8, 4) is 5.75 Å². The Bertz CT molecular complexity index is 789. The molecule has 6 nitrogen and oxygen atoms in total. The van der Waals surface area contributed by atoms with Crippen LogP contribution in [0.5, 0.6) is 5.75 Å². The molecule has 2 aliphatic rings. The normalized spacial score (nSPS) is 22.1. The van der Waals surface area contributed by atoms with Crippen LogP contribution in [0.4, 0.5) is 11.5 Å². The van der Waals surface area contributed by atoms with Gasteiger partial charge in [-0.1, -0.05) is 12.1 Å². The molecular formula is C21H28N4O2. The van der Waals surface area contributed by atoms with Crippen molar-refractivity contribution in [2.24, 2.45) is 0 Å². The third-order valence-electron chi connectivity index (χ3n) is 5.62. The molecule has 2 aliphatic heterocycles. The minimum absolute atomic E-state index is 0.0472. The third-order valence-corrected chi connectivity index (χ3v) is 5.62. The number of methoxy groups -OCH3 is 1. The van der Waals surface area contributed by atoms with Crippen molar-refractivity contribution in [3.05, 3.63) is 42.4 Å². The van der Waals surface area contributed by atoms with Crippen LogP contribution in [-0.4, -0.2) is 55.5 Å². The molecule has 2 aromatic rings. The first-order chi connectivity index (χ1) is 13.1. The van der Waals surface area contributed by atoms with Gasteiger partial charge in [0, 0.05) is 38.2 Å². The summed E-state index contributed by atoms with van der Waals surface area (Å²) in [6.45, 7) is 8.87. The van der Waals surface area contributed by atoms with Gasteiger partial charge in [0.05, 0.1) is 30.6 Å². The molecular weight excluding hydrogens is 340 g/mol. The van der Waals surface area contributed by atoms with E-state index in [1.165, 1.54) is 0 Å². The number of anilines is 2. The SMILES string of the molecule is COc1ccccc1N1CCN(c2cc([C@H]3CCOC3)ncn2)CC1(C)C. The zero-order valence-electron chi connectivity index (χ0n) is 16.4. The molecule has 0 bridgehead atoms. The average Bonchev–Trinajstić information content (AvgIpc) is 3.22. The van der Waals surface area contributed by atoms with Crippen LogP contribution in [0, 0.1) is 0 Å². The van der Waals surface area contributed by atoms with Crippen molar-refractivity contribution >= 4 is 11.5 Å². The molecule has 1 aromatic carbocycles. The number of hydrogen-bond acceptors (Lipinski definition) is 6. The summed E-state index contributed by atoms with van der Waals surface area (Å²) in [4.78, 5) is 13.9. The first-order valence-corrected chi connectivity index (χ1v) is 9.64. The molecule has 0 N–H and O–H groups in total. The second-order valence-corrected chi connectivity index (χ2v) is 7.92. The van der Waals surface area contributed by atoms with Gasteiger partial charge in [-0.05, 0) is 32.4 Å². The number of aromatic nitrogens is 2. The monoisotopic (exact) mass is 368 g/mol. The van der Waals surface area contributed by atoms with Crippen molar-refractivity contribution in [2.75, 3.05) is 49.8 Å². The summed E-state index contributed by atoms with van der Waals surface area (Å²) in [7, 11) is 1.73. The molecule has 0 unspecified atom stereocenters. The van der Waals surface area contributed by atoms with Gasteiger partial charge in [-0.25, -0.2) is 9.97 Å². The quantitative estimate of drug-likeness (QED) is 0.827. The molecule has 27 heavy (non-hydrogen) atoms. The Kier molecular flexibility index (Phi) is 4.91. The Labute approximate surface area is 161 Å². The lowest BCUT2D eigenvalue weighted by molar-refractivity contribution is 0.193. The number of hydrogen-bond donors (Lipinski definition) is 0. The van der Waals surface area contributed by atoms with Gasteiger partial charge in [0.25, 0.3) is 0 Å². The van der Waals surface area contributed by atoms with E-state index in [4.69, 9.17) is 9.47 Å². The van der Waals surface area contributed by atoms with Crippen LogP contribution < -0.4 is 14.5 Å². The fourth-order valence-electron chi connectivity index (χ4n) is 4.18. The Morgan fingerprint density at radius 2 is 2.04 bits per heavy atom. The van der Waals surface area contributed by atoms with E-state index in [0.29, 0.717) is 5.92 Å². The fraction of sp³-hybridized carbons (Fsp3) is 0.524. The van der Waals surface area contributed by atoms with E-state index in [2.05, 4.69) is 51.8 Å². The van der Waals surface area contributed by atoms with Crippen molar-refractivity contribution in [3.63, 3.8) is 0 Å². The highest BCUT2D eigenvalue weighted by atomic mass is 16.5. The minimum atomic E-state index is -0.0472. The molecule has 0 amide bonds. The predicted octanol–water partition coefficient (Wildman–Crippen LogP) is 3.09. The second-order valence-electron chi connectivity index (χ2n) is 7.92. The Morgan fingerprint density at radius 1 is 1.19 bits per heavy atom. The maximum Gasteiger partial charge on any atom is 0.142 e. The summed E-state index contributed by atoms with van der Waals surface area (Å²) in [5, 5.41) is 0. The van der Waals surface area contributed by atoms with Crippen molar-refractivity contribution in [1.82, 2.24) is 9.97 Å². The van der Waals surface area contributed by atoms with Crippen molar-refractivity contribution < 1.29 is 9.47 Å². The van der Waals surface area contributed by atoms with E-state index in [1.54, 1.807) is 13.4 Å². The summed E-state index contributed by atoms with van der Waals surface area (Å²) >= 11 is 0. The molecule has 2 saturated heterocycles. The molecule has 2 fully saturated rings. The summed E-state index contributed by atoms with van der Waals surface area (Å²) < 4.78 is 11.1. The molecule has 0 radical (unpaired) electrons. The number of piperazine rings is 1. The second kappa shape index (κ2) is 7.35. The number of para-hydroxylation sites is 2. The van der Waals surface area contributed by atoms with Crippen LogP contribution in [0.3, 0.4) is 0 Å². The first-order valence-electron chi connectivity index (χ1n) is 9.64. The van der Waals surface area contributed by atoms with Gasteiger partial charge in [0.15, 0.2) is 0 Å². The van der Waals surface area contributed by atoms with Gasteiger partial charge in [-0.2, -0.15) is 0 Å². The van der Waals surface area contributed by atoms with Crippen LogP contribution in [0.15, 0.2) is 36.7 Å². The largest absolute Gasteiger partial charge is 0.495 e. The van der Waals surface area contributed by atoms with E-state index >= 15 is 0 Å². The van der Waals surface area contributed by atoms with Crippen molar-refractivity contribution in [2.45, 2.75) is 31.7 Å².